The van der Waals surface area contributed by atoms with Crippen molar-refractivity contribution in [3.8, 4) is 0 Å². The Balaban J connectivity index is 1.77. The average Bonchev–Trinajstić information content (AvgIpc) is 2.70. The molecule has 1 fully saturated rings. The van der Waals surface area contributed by atoms with Gasteiger partial charge in [0.05, 0.1) is 6.42 Å². The van der Waals surface area contributed by atoms with Gasteiger partial charge in [0.25, 0.3) is 5.91 Å². The molecule has 0 radical (unpaired) electrons. The largest absolute Gasteiger partial charge is 0.324 e. The van der Waals surface area contributed by atoms with Crippen LogP contribution in [0.5, 0.6) is 0 Å². The predicted octanol–water partition coefficient (Wildman–Crippen LogP) is 5.26. The Kier molecular flexibility index (Phi) is 4.84. The molecule has 0 bridgehead atoms. The fourth-order valence-corrected chi connectivity index (χ4v) is 3.73. The fourth-order valence-electron chi connectivity index (χ4n) is 3.48. The van der Waals surface area contributed by atoms with Gasteiger partial charge < -0.3 is 5.32 Å². The number of benzene rings is 3. The summed E-state index contributed by atoms with van der Waals surface area (Å²) < 4.78 is 0. The van der Waals surface area contributed by atoms with E-state index in [0.29, 0.717) is 21.4 Å². The average molecular weight is 411 g/mol. The number of nitrogens with one attached hydrogen (secondary N) is 1. The van der Waals surface area contributed by atoms with Gasteiger partial charge in [0.15, 0.2) is 5.54 Å². The van der Waals surface area contributed by atoms with Gasteiger partial charge in [-0.2, -0.15) is 0 Å². The van der Waals surface area contributed by atoms with E-state index >= 15 is 0 Å². The predicted molar refractivity (Wildman–Crippen MR) is 112 cm³/mol. The van der Waals surface area contributed by atoms with Crippen LogP contribution in [0.2, 0.25) is 10.0 Å². The lowest BCUT2D eigenvalue weighted by Crippen LogP contribution is -2.67. The molecule has 1 atom stereocenters. The molecule has 4 rings (SSSR count). The van der Waals surface area contributed by atoms with E-state index in [4.69, 9.17) is 23.2 Å². The lowest BCUT2D eigenvalue weighted by molar-refractivity contribution is -0.137. The monoisotopic (exact) mass is 410 g/mol. The Morgan fingerprint density at radius 1 is 0.857 bits per heavy atom. The van der Waals surface area contributed by atoms with Crippen LogP contribution in [0.25, 0.3) is 0 Å². The molecule has 28 heavy (non-hydrogen) atoms. The number of hydrogen-bond acceptors (Lipinski definition) is 2. The van der Waals surface area contributed by atoms with E-state index in [-0.39, 0.29) is 18.2 Å². The van der Waals surface area contributed by atoms with Gasteiger partial charge in [0, 0.05) is 21.4 Å². The van der Waals surface area contributed by atoms with Crippen molar-refractivity contribution < 1.29 is 9.59 Å². The summed E-state index contributed by atoms with van der Waals surface area (Å²) in [7, 11) is 0. The normalized spacial score (nSPS) is 18.5. The number of anilines is 2. The highest BCUT2D eigenvalue weighted by atomic mass is 35.5. The number of amides is 2. The van der Waals surface area contributed by atoms with Gasteiger partial charge in [0.1, 0.15) is 0 Å². The molecule has 3 aromatic carbocycles. The first kappa shape index (κ1) is 18.5. The van der Waals surface area contributed by atoms with Crippen molar-refractivity contribution in [2.24, 2.45) is 0 Å². The molecule has 1 heterocycles. The van der Waals surface area contributed by atoms with Crippen molar-refractivity contribution in [1.82, 2.24) is 0 Å². The first-order valence-electron chi connectivity index (χ1n) is 8.72. The molecule has 0 aliphatic carbocycles. The molecular formula is C22H16Cl2N2O2. The van der Waals surface area contributed by atoms with E-state index < -0.39 is 5.54 Å². The molecule has 140 valence electrons. The maximum atomic E-state index is 13.4. The number of halogens is 2. The van der Waals surface area contributed by atoms with E-state index in [1.54, 1.807) is 48.5 Å². The maximum absolute atomic E-state index is 13.4. The maximum Gasteiger partial charge on any atom is 0.255 e. The molecule has 1 N–H and O–H groups in total. The molecular weight excluding hydrogens is 395 g/mol. The van der Waals surface area contributed by atoms with Crippen LogP contribution in [0.15, 0.2) is 78.9 Å². The first-order valence-corrected chi connectivity index (χ1v) is 9.47. The summed E-state index contributed by atoms with van der Waals surface area (Å²) in [5.74, 6) is -0.409. The van der Waals surface area contributed by atoms with Gasteiger partial charge in [-0.1, -0.05) is 53.5 Å². The van der Waals surface area contributed by atoms with Crippen molar-refractivity contribution in [2.45, 2.75) is 12.0 Å². The third-order valence-corrected chi connectivity index (χ3v) is 5.36. The standard InChI is InChI=1S/C22H16Cl2N2O2/c23-16-6-10-18(11-7-16)25-21(28)22(15-4-2-1-3-5-15)14-20(27)26(22)19-12-8-17(24)9-13-19/h1-13H,14H2,(H,25,28). The highest BCUT2D eigenvalue weighted by molar-refractivity contribution is 6.31. The van der Waals surface area contributed by atoms with Crippen LogP contribution < -0.4 is 10.2 Å². The molecule has 3 aromatic rings. The summed E-state index contributed by atoms with van der Waals surface area (Å²) in [6.45, 7) is 0. The van der Waals surface area contributed by atoms with Crippen LogP contribution in [0.4, 0.5) is 11.4 Å². The zero-order valence-electron chi connectivity index (χ0n) is 14.7. The van der Waals surface area contributed by atoms with Crippen LogP contribution >= 0.6 is 23.2 Å². The number of carbonyl (C=O) groups excluding carboxylic acids is 2. The van der Waals surface area contributed by atoms with Crippen LogP contribution in [0, 0.1) is 0 Å². The molecule has 0 saturated carbocycles. The summed E-state index contributed by atoms with van der Waals surface area (Å²) in [5.41, 5.74) is 0.845. The van der Waals surface area contributed by atoms with E-state index in [0.717, 1.165) is 5.56 Å². The third kappa shape index (κ3) is 3.15. The van der Waals surface area contributed by atoms with Gasteiger partial charge in [-0.3, -0.25) is 14.5 Å². The Morgan fingerprint density at radius 2 is 1.43 bits per heavy atom. The first-order chi connectivity index (χ1) is 13.5. The Labute approximate surface area is 172 Å². The molecule has 1 aliphatic rings. The van der Waals surface area contributed by atoms with Gasteiger partial charge in [-0.05, 0) is 54.1 Å². The molecule has 6 heteroatoms. The van der Waals surface area contributed by atoms with Crippen LogP contribution in [-0.4, -0.2) is 11.8 Å². The summed E-state index contributed by atoms with van der Waals surface area (Å²) in [6.07, 6.45) is 0.0824. The third-order valence-electron chi connectivity index (χ3n) is 4.85. The summed E-state index contributed by atoms with van der Waals surface area (Å²) in [4.78, 5) is 27.6. The highest BCUT2D eigenvalue weighted by Crippen LogP contribution is 2.45. The Morgan fingerprint density at radius 3 is 2.00 bits per heavy atom. The quantitative estimate of drug-likeness (QED) is 0.595. The fraction of sp³-hybridized carbons (Fsp3) is 0.0909. The molecule has 1 aliphatic heterocycles. The minimum atomic E-state index is -1.13. The minimum absolute atomic E-state index is 0.0824. The number of β-lactam (4-membered cyclic amide) rings is 1. The van der Waals surface area contributed by atoms with E-state index in [9.17, 15) is 9.59 Å². The second-order valence-electron chi connectivity index (χ2n) is 6.57. The SMILES string of the molecule is O=C1CC(C(=O)Nc2ccc(Cl)cc2)(c2ccccc2)N1c1ccc(Cl)cc1. The van der Waals surface area contributed by atoms with E-state index in [1.807, 2.05) is 30.3 Å². The highest BCUT2D eigenvalue weighted by Gasteiger charge is 2.58. The number of nitrogens with zero attached hydrogens (tertiary/aromatic N) is 1. The Bertz CT molecular complexity index is 1020. The molecule has 4 nitrogen and oxygen atoms in total. The number of hydrogen-bond donors (Lipinski definition) is 1. The number of rotatable bonds is 4. The van der Waals surface area contributed by atoms with Gasteiger partial charge >= 0.3 is 0 Å². The smallest absolute Gasteiger partial charge is 0.255 e. The minimum Gasteiger partial charge on any atom is -0.324 e. The Hall–Kier alpha value is -2.82. The van der Waals surface area contributed by atoms with Crippen LogP contribution in [-0.2, 0) is 15.1 Å². The van der Waals surface area contributed by atoms with E-state index in [2.05, 4.69) is 5.32 Å². The summed E-state index contributed by atoms with van der Waals surface area (Å²) in [5, 5.41) is 4.07. The van der Waals surface area contributed by atoms with Gasteiger partial charge in [-0.25, -0.2) is 0 Å². The molecule has 1 saturated heterocycles. The molecule has 0 spiro atoms. The molecule has 2 amide bonds. The van der Waals surface area contributed by atoms with Crippen LogP contribution in [0.3, 0.4) is 0 Å². The second kappa shape index (κ2) is 7.30. The zero-order valence-corrected chi connectivity index (χ0v) is 16.2. The molecule has 1 unspecified atom stereocenters. The van der Waals surface area contributed by atoms with Gasteiger partial charge in [0.2, 0.25) is 5.91 Å². The van der Waals surface area contributed by atoms with Crippen molar-refractivity contribution in [1.29, 1.82) is 0 Å². The summed E-state index contributed by atoms with van der Waals surface area (Å²) in [6, 6.07) is 23.1. The van der Waals surface area contributed by atoms with Crippen molar-refractivity contribution in [2.75, 3.05) is 10.2 Å². The zero-order chi connectivity index (χ0) is 19.7. The lowest BCUT2D eigenvalue weighted by Gasteiger charge is -2.50. The topological polar surface area (TPSA) is 49.4 Å². The number of carbonyl (C=O) groups is 2. The molecule has 0 aromatic heterocycles. The van der Waals surface area contributed by atoms with Crippen LogP contribution in [0.1, 0.15) is 12.0 Å². The van der Waals surface area contributed by atoms with E-state index in [1.165, 1.54) is 4.90 Å². The lowest BCUT2D eigenvalue weighted by atomic mass is 9.76. The summed E-state index contributed by atoms with van der Waals surface area (Å²) >= 11 is 11.9. The van der Waals surface area contributed by atoms with Crippen molar-refractivity contribution in [3.05, 3.63) is 94.5 Å². The second-order valence-corrected chi connectivity index (χ2v) is 7.44. The van der Waals surface area contributed by atoms with Crippen molar-refractivity contribution >= 4 is 46.4 Å². The van der Waals surface area contributed by atoms with Gasteiger partial charge in [-0.15, -0.1) is 0 Å². The van der Waals surface area contributed by atoms with Crippen molar-refractivity contribution in [3.63, 3.8) is 0 Å².